The Hall–Kier alpha value is -1.45. The molecule has 140 valence electrons. The van der Waals surface area contributed by atoms with Crippen LogP contribution in [0.3, 0.4) is 0 Å². The van der Waals surface area contributed by atoms with Crippen LogP contribution in [0.5, 0.6) is 5.88 Å². The molecule has 0 saturated carbocycles. The van der Waals surface area contributed by atoms with Crippen LogP contribution >= 0.6 is 0 Å². The Kier molecular flexibility index (Phi) is 5.17. The molecule has 0 bridgehead atoms. The molecule has 3 rings (SSSR count). The fraction of sp³-hybridized carbons (Fsp3) is 0.750. The Labute approximate surface area is 149 Å². The Balaban J connectivity index is 1.74. The van der Waals surface area contributed by atoms with Gasteiger partial charge in [-0.3, -0.25) is 0 Å². The highest BCUT2D eigenvalue weighted by atomic mass is 32.2. The zero-order valence-electron chi connectivity index (χ0n) is 15.0. The standard InChI is InChI=1S/C16H26N4O4S/c1-23-10-13-9-20(25(3,21)22)11-16(13)4-6-19(7-5-16)14-8-15(24-2)18-12-17-14/h8,12-13H,4-7,9-11H2,1-3H3/t13-/m0/s1. The predicted octanol–water partition coefficient (Wildman–Crippen LogP) is 0.610. The molecule has 2 fully saturated rings. The highest BCUT2D eigenvalue weighted by Gasteiger charge is 2.50. The number of rotatable bonds is 5. The van der Waals surface area contributed by atoms with Crippen molar-refractivity contribution in [1.82, 2.24) is 14.3 Å². The molecule has 1 aromatic rings. The molecule has 0 unspecified atom stereocenters. The first kappa shape index (κ1) is 18.3. The Morgan fingerprint density at radius 2 is 2.00 bits per heavy atom. The normalized spacial score (nSPS) is 24.0. The highest BCUT2D eigenvalue weighted by Crippen LogP contribution is 2.46. The average Bonchev–Trinajstić information content (AvgIpc) is 2.94. The lowest BCUT2D eigenvalue weighted by molar-refractivity contribution is 0.0763. The number of hydrogen-bond donors (Lipinski definition) is 0. The van der Waals surface area contributed by atoms with Gasteiger partial charge in [-0.15, -0.1) is 0 Å². The van der Waals surface area contributed by atoms with Gasteiger partial charge in [0.1, 0.15) is 12.1 Å². The molecule has 25 heavy (non-hydrogen) atoms. The zero-order valence-corrected chi connectivity index (χ0v) is 15.8. The number of anilines is 1. The minimum Gasteiger partial charge on any atom is -0.481 e. The third kappa shape index (κ3) is 3.73. The molecule has 0 radical (unpaired) electrons. The van der Waals surface area contributed by atoms with E-state index in [1.54, 1.807) is 18.5 Å². The van der Waals surface area contributed by atoms with Crippen LogP contribution in [0.4, 0.5) is 5.82 Å². The summed E-state index contributed by atoms with van der Waals surface area (Å²) < 4.78 is 36.2. The number of methoxy groups -OCH3 is 2. The second-order valence-corrected chi connectivity index (χ2v) is 8.96. The van der Waals surface area contributed by atoms with E-state index in [0.29, 0.717) is 25.6 Å². The summed E-state index contributed by atoms with van der Waals surface area (Å²) in [4.78, 5) is 10.6. The maximum Gasteiger partial charge on any atom is 0.218 e. The number of hydrogen-bond acceptors (Lipinski definition) is 7. The molecule has 1 aromatic heterocycles. The molecule has 2 aliphatic rings. The molecule has 3 heterocycles. The summed E-state index contributed by atoms with van der Waals surface area (Å²) in [6, 6.07) is 1.84. The highest BCUT2D eigenvalue weighted by molar-refractivity contribution is 7.88. The molecule has 0 aliphatic carbocycles. The topological polar surface area (TPSA) is 84.9 Å². The number of aromatic nitrogens is 2. The van der Waals surface area contributed by atoms with Gasteiger partial charge in [0.05, 0.1) is 20.0 Å². The molecular formula is C16H26N4O4S. The predicted molar refractivity (Wildman–Crippen MR) is 94.2 cm³/mol. The first-order valence-electron chi connectivity index (χ1n) is 8.43. The molecule has 2 aliphatic heterocycles. The van der Waals surface area contributed by atoms with Gasteiger partial charge < -0.3 is 14.4 Å². The van der Waals surface area contributed by atoms with Crippen molar-refractivity contribution in [2.24, 2.45) is 11.3 Å². The van der Waals surface area contributed by atoms with Crippen LogP contribution < -0.4 is 9.64 Å². The van der Waals surface area contributed by atoms with Gasteiger partial charge in [0.15, 0.2) is 0 Å². The lowest BCUT2D eigenvalue weighted by atomic mass is 9.71. The van der Waals surface area contributed by atoms with Gasteiger partial charge in [-0.25, -0.2) is 22.7 Å². The van der Waals surface area contributed by atoms with Crippen LogP contribution in [-0.4, -0.2) is 76.0 Å². The van der Waals surface area contributed by atoms with Gasteiger partial charge in [0.2, 0.25) is 15.9 Å². The van der Waals surface area contributed by atoms with Crippen LogP contribution in [0, 0.1) is 11.3 Å². The van der Waals surface area contributed by atoms with E-state index in [4.69, 9.17) is 9.47 Å². The Morgan fingerprint density at radius 3 is 2.60 bits per heavy atom. The van der Waals surface area contributed by atoms with Crippen molar-refractivity contribution in [3.8, 4) is 5.88 Å². The smallest absolute Gasteiger partial charge is 0.218 e. The van der Waals surface area contributed by atoms with Gasteiger partial charge >= 0.3 is 0 Å². The maximum absolute atomic E-state index is 12.0. The largest absolute Gasteiger partial charge is 0.481 e. The molecule has 2 saturated heterocycles. The van der Waals surface area contributed by atoms with Gasteiger partial charge in [0, 0.05) is 45.3 Å². The molecular weight excluding hydrogens is 344 g/mol. The molecule has 0 N–H and O–H groups in total. The fourth-order valence-corrected chi connectivity index (χ4v) is 4.97. The number of sulfonamides is 1. The Bertz CT molecular complexity index is 704. The molecule has 8 nitrogen and oxygen atoms in total. The van der Waals surface area contributed by atoms with Crippen LogP contribution in [0.25, 0.3) is 0 Å². The van der Waals surface area contributed by atoms with Gasteiger partial charge in [-0.2, -0.15) is 0 Å². The molecule has 0 aromatic carbocycles. The van der Waals surface area contributed by atoms with Crippen molar-refractivity contribution in [2.45, 2.75) is 12.8 Å². The second-order valence-electron chi connectivity index (χ2n) is 6.98. The third-order valence-corrected chi connectivity index (χ3v) is 6.75. The summed E-state index contributed by atoms with van der Waals surface area (Å²) in [6.45, 7) is 3.39. The average molecular weight is 370 g/mol. The van der Waals surface area contributed by atoms with Crippen LogP contribution in [0.2, 0.25) is 0 Å². The van der Waals surface area contributed by atoms with Crippen molar-refractivity contribution < 1.29 is 17.9 Å². The van der Waals surface area contributed by atoms with Crippen molar-refractivity contribution >= 4 is 15.8 Å². The summed E-state index contributed by atoms with van der Waals surface area (Å²) >= 11 is 0. The van der Waals surface area contributed by atoms with E-state index in [1.165, 1.54) is 12.6 Å². The minimum atomic E-state index is -3.18. The van der Waals surface area contributed by atoms with Crippen LogP contribution in [0.1, 0.15) is 12.8 Å². The summed E-state index contributed by atoms with van der Waals surface area (Å²) in [6.07, 6.45) is 4.63. The van der Waals surface area contributed by atoms with Crippen LogP contribution in [-0.2, 0) is 14.8 Å². The van der Waals surface area contributed by atoms with E-state index in [-0.39, 0.29) is 11.3 Å². The van der Waals surface area contributed by atoms with E-state index in [0.717, 1.165) is 31.7 Å². The van der Waals surface area contributed by atoms with Crippen molar-refractivity contribution in [1.29, 1.82) is 0 Å². The van der Waals surface area contributed by atoms with Gasteiger partial charge in [-0.05, 0) is 18.3 Å². The van der Waals surface area contributed by atoms with Crippen molar-refractivity contribution in [3.05, 3.63) is 12.4 Å². The SMILES string of the molecule is COC[C@@H]1CN(S(C)(=O)=O)CC12CCN(c1cc(OC)ncn1)CC2. The molecule has 1 atom stereocenters. The fourth-order valence-electron chi connectivity index (χ4n) is 4.03. The number of nitrogens with zero attached hydrogens (tertiary/aromatic N) is 4. The monoisotopic (exact) mass is 370 g/mol. The minimum absolute atomic E-state index is 0.0211. The van der Waals surface area contributed by atoms with Crippen molar-refractivity contribution in [3.63, 3.8) is 0 Å². The third-order valence-electron chi connectivity index (χ3n) is 5.54. The molecule has 1 spiro atoms. The summed E-state index contributed by atoms with van der Waals surface area (Å²) in [7, 11) is 0.0911. The van der Waals surface area contributed by atoms with E-state index in [9.17, 15) is 8.42 Å². The van der Waals surface area contributed by atoms with E-state index in [1.807, 2.05) is 6.07 Å². The summed E-state index contributed by atoms with van der Waals surface area (Å²) in [5.41, 5.74) is -0.0211. The maximum atomic E-state index is 12.0. The van der Waals surface area contributed by atoms with E-state index in [2.05, 4.69) is 14.9 Å². The lowest BCUT2D eigenvalue weighted by Crippen LogP contribution is -2.45. The Morgan fingerprint density at radius 1 is 1.28 bits per heavy atom. The summed E-state index contributed by atoms with van der Waals surface area (Å²) in [5, 5.41) is 0. The first-order chi connectivity index (χ1) is 11.9. The van der Waals surface area contributed by atoms with Gasteiger partial charge in [-0.1, -0.05) is 0 Å². The van der Waals surface area contributed by atoms with E-state index < -0.39 is 10.0 Å². The molecule has 0 amide bonds. The van der Waals surface area contributed by atoms with E-state index >= 15 is 0 Å². The zero-order chi connectivity index (χ0) is 18.1. The second kappa shape index (κ2) is 7.05. The first-order valence-corrected chi connectivity index (χ1v) is 10.3. The van der Waals surface area contributed by atoms with Gasteiger partial charge in [0.25, 0.3) is 0 Å². The van der Waals surface area contributed by atoms with Crippen LogP contribution in [0.15, 0.2) is 12.4 Å². The number of ether oxygens (including phenoxy) is 2. The number of piperidine rings is 1. The lowest BCUT2D eigenvalue weighted by Gasteiger charge is -2.42. The quantitative estimate of drug-likeness (QED) is 0.751. The molecule has 9 heteroatoms. The van der Waals surface area contributed by atoms with Crippen molar-refractivity contribution in [2.75, 3.05) is 58.2 Å². The summed E-state index contributed by atoms with van der Waals surface area (Å²) in [5.74, 6) is 1.63.